The van der Waals surface area contributed by atoms with E-state index in [1.54, 1.807) is 0 Å². The second-order valence-electron chi connectivity index (χ2n) is 3.54. The van der Waals surface area contributed by atoms with Crippen molar-refractivity contribution in [2.45, 2.75) is 13.3 Å². The van der Waals surface area contributed by atoms with Gasteiger partial charge in [-0.25, -0.2) is 4.39 Å². The molecule has 7 heteroatoms. The fraction of sp³-hybridized carbons (Fsp3) is 0.182. The van der Waals surface area contributed by atoms with Crippen LogP contribution in [0, 0.1) is 5.82 Å². The number of nitrogens with zero attached hydrogens (tertiary/aromatic N) is 2. The zero-order valence-corrected chi connectivity index (χ0v) is 10.4. The number of aromatic nitrogens is 2. The maximum Gasteiger partial charge on any atom is 0.257 e. The van der Waals surface area contributed by atoms with E-state index in [1.807, 2.05) is 6.92 Å². The summed E-state index contributed by atoms with van der Waals surface area (Å²) in [7, 11) is 0. The minimum Gasteiger partial charge on any atom is -0.396 e. The van der Waals surface area contributed by atoms with E-state index >= 15 is 0 Å². The summed E-state index contributed by atoms with van der Waals surface area (Å²) in [5, 5.41) is 11.5. The average molecular weight is 266 g/mol. The van der Waals surface area contributed by atoms with Gasteiger partial charge < -0.3 is 5.73 Å². The number of hydrogen-bond donors (Lipinski definition) is 2. The third-order valence-electron chi connectivity index (χ3n) is 2.25. The number of carbonyl (C=O) groups excluding carboxylic acids is 1. The van der Waals surface area contributed by atoms with Gasteiger partial charge in [0.25, 0.3) is 5.91 Å². The van der Waals surface area contributed by atoms with Crippen LogP contribution in [0.4, 0.5) is 15.2 Å². The van der Waals surface area contributed by atoms with Gasteiger partial charge in [-0.05, 0) is 24.6 Å². The fourth-order valence-corrected chi connectivity index (χ4v) is 1.96. The number of carbonyl (C=O) groups is 1. The molecule has 0 saturated heterocycles. The Bertz CT molecular complexity index is 584. The number of halogens is 1. The molecular formula is C11H11FN4OS. The summed E-state index contributed by atoms with van der Waals surface area (Å²) >= 11 is 1.29. The van der Waals surface area contributed by atoms with E-state index in [0.29, 0.717) is 5.13 Å². The van der Waals surface area contributed by atoms with Gasteiger partial charge in [0.05, 0.1) is 5.69 Å². The zero-order chi connectivity index (χ0) is 13.1. The molecule has 1 aromatic carbocycles. The molecule has 0 unspecified atom stereocenters. The second kappa shape index (κ2) is 5.09. The van der Waals surface area contributed by atoms with Crippen LogP contribution in [-0.2, 0) is 6.42 Å². The highest BCUT2D eigenvalue weighted by molar-refractivity contribution is 7.15. The zero-order valence-electron chi connectivity index (χ0n) is 9.61. The predicted molar refractivity (Wildman–Crippen MR) is 68.1 cm³/mol. The third-order valence-corrected chi connectivity index (χ3v) is 3.24. The molecular weight excluding hydrogens is 255 g/mol. The minimum absolute atomic E-state index is 0.00994. The quantitative estimate of drug-likeness (QED) is 0.833. The van der Waals surface area contributed by atoms with Gasteiger partial charge in [-0.2, -0.15) is 0 Å². The minimum atomic E-state index is -0.617. The van der Waals surface area contributed by atoms with Crippen molar-refractivity contribution in [3.63, 3.8) is 0 Å². The summed E-state index contributed by atoms with van der Waals surface area (Å²) in [6.45, 7) is 1.95. The lowest BCUT2D eigenvalue weighted by Gasteiger charge is -2.02. The van der Waals surface area contributed by atoms with Crippen LogP contribution in [0.1, 0.15) is 22.3 Å². The summed E-state index contributed by atoms with van der Waals surface area (Å²) < 4.78 is 13.2. The van der Waals surface area contributed by atoms with Crippen LogP contribution in [-0.4, -0.2) is 16.1 Å². The molecule has 18 heavy (non-hydrogen) atoms. The summed E-state index contributed by atoms with van der Waals surface area (Å²) in [6, 6.07) is 3.89. The summed E-state index contributed by atoms with van der Waals surface area (Å²) in [6.07, 6.45) is 0.754. The molecule has 94 valence electrons. The van der Waals surface area contributed by atoms with Crippen molar-refractivity contribution < 1.29 is 9.18 Å². The number of nitrogens with two attached hydrogens (primary N) is 1. The fourth-order valence-electron chi connectivity index (χ4n) is 1.28. The van der Waals surface area contributed by atoms with Gasteiger partial charge in [-0.1, -0.05) is 18.3 Å². The second-order valence-corrected chi connectivity index (χ2v) is 4.61. The first-order chi connectivity index (χ1) is 8.60. The number of nitrogens with one attached hydrogen (secondary N) is 1. The van der Waals surface area contributed by atoms with Gasteiger partial charge in [0, 0.05) is 5.56 Å². The molecule has 0 spiro atoms. The number of amides is 1. The summed E-state index contributed by atoms with van der Waals surface area (Å²) in [5.41, 5.74) is 5.54. The van der Waals surface area contributed by atoms with Crippen molar-refractivity contribution in [1.82, 2.24) is 10.2 Å². The smallest absolute Gasteiger partial charge is 0.257 e. The average Bonchev–Trinajstić information content (AvgIpc) is 2.80. The van der Waals surface area contributed by atoms with Crippen LogP contribution in [0.2, 0.25) is 0 Å². The van der Waals surface area contributed by atoms with Gasteiger partial charge in [0.15, 0.2) is 0 Å². The number of hydrogen-bond acceptors (Lipinski definition) is 5. The van der Waals surface area contributed by atoms with Crippen LogP contribution in [0.3, 0.4) is 0 Å². The normalized spacial score (nSPS) is 10.3. The van der Waals surface area contributed by atoms with Gasteiger partial charge in [0.1, 0.15) is 10.8 Å². The van der Waals surface area contributed by atoms with Gasteiger partial charge in [-0.15, -0.1) is 10.2 Å². The Hall–Kier alpha value is -2.02. The highest BCUT2D eigenvalue weighted by Crippen LogP contribution is 2.17. The number of anilines is 2. The van der Waals surface area contributed by atoms with Crippen molar-refractivity contribution >= 4 is 28.1 Å². The highest BCUT2D eigenvalue weighted by atomic mass is 32.1. The molecule has 1 heterocycles. The SMILES string of the molecule is CCc1nnc(NC(=O)c2ccc(N)c(F)c2)s1. The van der Waals surface area contributed by atoms with Crippen LogP contribution in [0.25, 0.3) is 0 Å². The maximum absolute atomic E-state index is 13.2. The molecule has 5 nitrogen and oxygen atoms in total. The van der Waals surface area contributed by atoms with Gasteiger partial charge in [-0.3, -0.25) is 10.1 Å². The van der Waals surface area contributed by atoms with Crippen molar-refractivity contribution in [1.29, 1.82) is 0 Å². The van der Waals surface area contributed by atoms with Gasteiger partial charge in [0.2, 0.25) is 5.13 Å². The van der Waals surface area contributed by atoms with E-state index in [4.69, 9.17) is 5.73 Å². The molecule has 0 atom stereocenters. The molecule has 1 aromatic heterocycles. The Morgan fingerprint density at radius 1 is 1.50 bits per heavy atom. The Labute approximate surface area is 107 Å². The monoisotopic (exact) mass is 266 g/mol. The predicted octanol–water partition coefficient (Wildman–Crippen LogP) is 2.07. The van der Waals surface area contributed by atoms with E-state index in [1.165, 1.54) is 23.5 Å². The van der Waals surface area contributed by atoms with Crippen LogP contribution < -0.4 is 11.1 Å². The number of benzene rings is 1. The Balaban J connectivity index is 2.14. The van der Waals surface area contributed by atoms with Crippen LogP contribution >= 0.6 is 11.3 Å². The van der Waals surface area contributed by atoms with Crippen LogP contribution in [0.15, 0.2) is 18.2 Å². The van der Waals surface area contributed by atoms with Gasteiger partial charge >= 0.3 is 0 Å². The van der Waals surface area contributed by atoms with Crippen molar-refractivity contribution in [2.24, 2.45) is 0 Å². The molecule has 3 N–H and O–H groups in total. The van der Waals surface area contributed by atoms with Crippen molar-refractivity contribution in [3.8, 4) is 0 Å². The molecule has 2 aromatic rings. The molecule has 1 amide bonds. The first-order valence-electron chi connectivity index (χ1n) is 5.29. The Kier molecular flexibility index (Phi) is 3.52. The summed E-state index contributed by atoms with van der Waals surface area (Å²) in [5.74, 6) is -1.05. The molecule has 0 aliphatic rings. The third kappa shape index (κ3) is 2.62. The molecule has 0 saturated carbocycles. The Morgan fingerprint density at radius 3 is 2.89 bits per heavy atom. The maximum atomic E-state index is 13.2. The topological polar surface area (TPSA) is 80.9 Å². The molecule has 0 aliphatic heterocycles. The van der Waals surface area contributed by atoms with E-state index in [9.17, 15) is 9.18 Å². The molecule has 0 aliphatic carbocycles. The standard InChI is InChI=1S/C11H11FN4OS/c1-2-9-15-16-11(18-9)14-10(17)6-3-4-8(13)7(12)5-6/h3-5H,2,13H2,1H3,(H,14,16,17). The molecule has 0 fully saturated rings. The first kappa shape index (κ1) is 12.4. The lowest BCUT2D eigenvalue weighted by Crippen LogP contribution is -2.12. The van der Waals surface area contributed by atoms with Crippen LogP contribution in [0.5, 0.6) is 0 Å². The number of nitrogen functional groups attached to an aromatic ring is 1. The molecule has 2 rings (SSSR count). The first-order valence-corrected chi connectivity index (χ1v) is 6.10. The van der Waals surface area contributed by atoms with E-state index in [-0.39, 0.29) is 11.3 Å². The van der Waals surface area contributed by atoms with E-state index in [2.05, 4.69) is 15.5 Å². The van der Waals surface area contributed by atoms with Crippen molar-refractivity contribution in [3.05, 3.63) is 34.6 Å². The number of rotatable bonds is 3. The number of aryl methyl sites for hydroxylation is 1. The molecule has 0 radical (unpaired) electrons. The summed E-state index contributed by atoms with van der Waals surface area (Å²) in [4.78, 5) is 11.8. The van der Waals surface area contributed by atoms with E-state index < -0.39 is 11.7 Å². The highest BCUT2D eigenvalue weighted by Gasteiger charge is 2.11. The molecule has 0 bridgehead atoms. The lowest BCUT2D eigenvalue weighted by molar-refractivity contribution is 0.102. The Morgan fingerprint density at radius 2 is 2.28 bits per heavy atom. The lowest BCUT2D eigenvalue weighted by atomic mass is 10.2. The van der Waals surface area contributed by atoms with Crippen molar-refractivity contribution in [2.75, 3.05) is 11.1 Å². The van der Waals surface area contributed by atoms with E-state index in [0.717, 1.165) is 17.5 Å². The largest absolute Gasteiger partial charge is 0.396 e.